The van der Waals surface area contributed by atoms with Gasteiger partial charge in [-0.1, -0.05) is 48.4 Å². The molecule has 3 fully saturated rings. The Kier molecular flexibility index (Phi) is 8.21. The number of morpholine rings is 2. The van der Waals surface area contributed by atoms with Crippen molar-refractivity contribution in [1.82, 2.24) is 15.1 Å². The second-order valence-electron chi connectivity index (χ2n) is 10.3. The largest absolute Gasteiger partial charge is 0.482 e. The first-order valence-electron chi connectivity index (χ1n) is 13.5. The third-order valence-electron chi connectivity index (χ3n) is 7.54. The topological polar surface area (TPSA) is 71.1 Å². The molecule has 7 nitrogen and oxygen atoms in total. The summed E-state index contributed by atoms with van der Waals surface area (Å²) in [4.78, 5) is 30.4. The second-order valence-corrected chi connectivity index (χ2v) is 10.3. The van der Waals surface area contributed by atoms with Crippen LogP contribution in [-0.4, -0.2) is 73.2 Å². The standard InChI is InChI=1S/C30H37N3O4/c1-22-5-4-6-24(19-22)21-33-26-7-2-3-8-27(26)37-28(30(33)35)20-23-9-11-25(12-10-23)29(34)31-13-14-32-15-17-36-18-16-32/h4-6,9-12,19-20,26-27H,2-3,7-8,13-18,21H2,1H3,(H,31,34)/b28-20+. The molecular formula is C30H37N3O4. The number of hydrogen-bond donors (Lipinski definition) is 1. The van der Waals surface area contributed by atoms with E-state index in [0.717, 1.165) is 69.7 Å². The Morgan fingerprint density at radius 3 is 2.65 bits per heavy atom. The van der Waals surface area contributed by atoms with Crippen molar-refractivity contribution < 1.29 is 19.1 Å². The summed E-state index contributed by atoms with van der Waals surface area (Å²) in [5.74, 6) is 0.236. The van der Waals surface area contributed by atoms with Crippen LogP contribution in [0.5, 0.6) is 0 Å². The van der Waals surface area contributed by atoms with E-state index in [2.05, 4.69) is 35.3 Å². The van der Waals surface area contributed by atoms with Crippen LogP contribution in [0.2, 0.25) is 0 Å². The molecule has 37 heavy (non-hydrogen) atoms. The Morgan fingerprint density at radius 1 is 1.08 bits per heavy atom. The van der Waals surface area contributed by atoms with E-state index in [9.17, 15) is 9.59 Å². The molecule has 2 heterocycles. The van der Waals surface area contributed by atoms with Gasteiger partial charge in [0.1, 0.15) is 6.10 Å². The van der Waals surface area contributed by atoms with Crippen LogP contribution in [0.4, 0.5) is 0 Å². The molecule has 0 bridgehead atoms. The normalized spacial score (nSPS) is 23.4. The van der Waals surface area contributed by atoms with Crippen LogP contribution in [0.3, 0.4) is 0 Å². The number of fused-ring (bicyclic) bond motifs is 1. The lowest BCUT2D eigenvalue weighted by molar-refractivity contribution is -0.149. The summed E-state index contributed by atoms with van der Waals surface area (Å²) >= 11 is 0. The highest BCUT2D eigenvalue weighted by atomic mass is 16.5. The number of carbonyl (C=O) groups is 2. The van der Waals surface area contributed by atoms with Crippen LogP contribution in [0.1, 0.15) is 52.7 Å². The van der Waals surface area contributed by atoms with E-state index in [1.54, 1.807) is 12.1 Å². The molecule has 1 aliphatic carbocycles. The molecule has 2 saturated heterocycles. The van der Waals surface area contributed by atoms with Gasteiger partial charge in [0.05, 0.1) is 19.3 Å². The van der Waals surface area contributed by atoms with Gasteiger partial charge in [-0.15, -0.1) is 0 Å². The molecule has 0 spiro atoms. The maximum absolute atomic E-state index is 13.6. The predicted octanol–water partition coefficient (Wildman–Crippen LogP) is 3.77. The number of rotatable bonds is 7. The van der Waals surface area contributed by atoms with E-state index in [1.165, 1.54) is 5.56 Å². The number of hydrogen-bond acceptors (Lipinski definition) is 5. The molecule has 2 atom stereocenters. The van der Waals surface area contributed by atoms with Gasteiger partial charge >= 0.3 is 0 Å². The third kappa shape index (κ3) is 6.40. The minimum Gasteiger partial charge on any atom is -0.482 e. The molecule has 196 valence electrons. The first-order valence-corrected chi connectivity index (χ1v) is 13.5. The molecule has 5 rings (SSSR count). The highest BCUT2D eigenvalue weighted by Gasteiger charge is 2.41. The third-order valence-corrected chi connectivity index (χ3v) is 7.54. The van der Waals surface area contributed by atoms with Crippen molar-refractivity contribution in [2.24, 2.45) is 0 Å². The minimum atomic E-state index is -0.0909. The smallest absolute Gasteiger partial charge is 0.289 e. The number of carbonyl (C=O) groups excluding carboxylic acids is 2. The average molecular weight is 504 g/mol. The van der Waals surface area contributed by atoms with Gasteiger partial charge in [0.15, 0.2) is 5.76 Å². The highest BCUT2D eigenvalue weighted by Crippen LogP contribution is 2.34. The fourth-order valence-electron chi connectivity index (χ4n) is 5.51. The van der Waals surface area contributed by atoms with Gasteiger partial charge in [-0.3, -0.25) is 14.5 Å². The Balaban J connectivity index is 1.25. The number of nitrogens with zero attached hydrogens (tertiary/aromatic N) is 2. The van der Waals surface area contributed by atoms with Crippen molar-refractivity contribution in [3.63, 3.8) is 0 Å². The number of benzene rings is 2. The number of ether oxygens (including phenoxy) is 2. The summed E-state index contributed by atoms with van der Waals surface area (Å²) < 4.78 is 11.6. The first kappa shape index (κ1) is 25.5. The van der Waals surface area contributed by atoms with Crippen molar-refractivity contribution in [2.45, 2.75) is 51.3 Å². The zero-order valence-electron chi connectivity index (χ0n) is 21.7. The van der Waals surface area contributed by atoms with E-state index in [4.69, 9.17) is 9.47 Å². The SMILES string of the molecule is Cc1cccc(CN2C(=O)/C(=C\c3ccc(C(=O)NCCN4CCOCC4)cc3)OC3CCCCC32)c1. The summed E-state index contributed by atoms with van der Waals surface area (Å²) in [5.41, 5.74) is 3.79. The summed E-state index contributed by atoms with van der Waals surface area (Å²) in [6.45, 7) is 7.41. The molecule has 2 aliphatic heterocycles. The van der Waals surface area contributed by atoms with Crippen molar-refractivity contribution in [3.05, 3.63) is 76.5 Å². The van der Waals surface area contributed by atoms with Gasteiger partial charge < -0.3 is 19.7 Å². The van der Waals surface area contributed by atoms with E-state index in [1.807, 2.05) is 29.2 Å². The summed E-state index contributed by atoms with van der Waals surface area (Å²) in [6.07, 6.45) is 6.02. The molecule has 0 aromatic heterocycles. The molecule has 0 radical (unpaired) electrons. The van der Waals surface area contributed by atoms with E-state index < -0.39 is 0 Å². The molecule has 1 saturated carbocycles. The number of nitrogens with one attached hydrogen (secondary N) is 1. The predicted molar refractivity (Wildman–Crippen MR) is 143 cm³/mol. The molecule has 3 aliphatic rings. The van der Waals surface area contributed by atoms with Gasteiger partial charge in [-0.2, -0.15) is 0 Å². The molecule has 2 amide bonds. The van der Waals surface area contributed by atoms with Crippen molar-refractivity contribution in [2.75, 3.05) is 39.4 Å². The van der Waals surface area contributed by atoms with E-state index in [-0.39, 0.29) is 24.0 Å². The fraction of sp³-hybridized carbons (Fsp3) is 0.467. The van der Waals surface area contributed by atoms with E-state index >= 15 is 0 Å². The molecule has 1 N–H and O–H groups in total. The Bertz CT molecular complexity index is 1120. The van der Waals surface area contributed by atoms with Gasteiger partial charge in [-0.25, -0.2) is 0 Å². The van der Waals surface area contributed by atoms with Crippen LogP contribution in [0.15, 0.2) is 54.3 Å². The van der Waals surface area contributed by atoms with Crippen molar-refractivity contribution >= 4 is 17.9 Å². The van der Waals surface area contributed by atoms with Crippen LogP contribution in [-0.2, 0) is 20.8 Å². The first-order chi connectivity index (χ1) is 18.1. The Morgan fingerprint density at radius 2 is 1.86 bits per heavy atom. The van der Waals surface area contributed by atoms with Crippen LogP contribution < -0.4 is 5.32 Å². The maximum atomic E-state index is 13.6. The van der Waals surface area contributed by atoms with Crippen molar-refractivity contribution in [1.29, 1.82) is 0 Å². The lowest BCUT2D eigenvalue weighted by atomic mass is 9.89. The molecule has 2 aromatic rings. The lowest BCUT2D eigenvalue weighted by Crippen LogP contribution is -2.54. The summed E-state index contributed by atoms with van der Waals surface area (Å²) in [5, 5.41) is 3.00. The molecular weight excluding hydrogens is 466 g/mol. The number of aryl methyl sites for hydroxylation is 1. The molecule has 2 unspecified atom stereocenters. The van der Waals surface area contributed by atoms with E-state index in [0.29, 0.717) is 24.4 Å². The Labute approximate surface area is 219 Å². The van der Waals surface area contributed by atoms with Gasteiger partial charge in [-0.05, 0) is 55.5 Å². The highest BCUT2D eigenvalue weighted by molar-refractivity contribution is 5.97. The minimum absolute atomic E-state index is 0.0269. The van der Waals surface area contributed by atoms with Crippen LogP contribution >= 0.6 is 0 Å². The average Bonchev–Trinajstić information content (AvgIpc) is 2.92. The van der Waals surface area contributed by atoms with Crippen LogP contribution in [0.25, 0.3) is 6.08 Å². The summed E-state index contributed by atoms with van der Waals surface area (Å²) in [6, 6.07) is 15.8. The lowest BCUT2D eigenvalue weighted by Gasteiger charge is -2.44. The molecule has 7 heteroatoms. The zero-order chi connectivity index (χ0) is 25.6. The summed E-state index contributed by atoms with van der Waals surface area (Å²) in [7, 11) is 0. The van der Waals surface area contributed by atoms with Gasteiger partial charge in [0, 0.05) is 38.3 Å². The monoisotopic (exact) mass is 503 g/mol. The molecule has 2 aromatic carbocycles. The number of amides is 2. The van der Waals surface area contributed by atoms with Gasteiger partial charge in [0.25, 0.3) is 11.8 Å². The van der Waals surface area contributed by atoms with Gasteiger partial charge in [0.2, 0.25) is 0 Å². The Hall–Kier alpha value is -3.16. The fourth-order valence-corrected chi connectivity index (χ4v) is 5.51. The zero-order valence-corrected chi connectivity index (χ0v) is 21.7. The maximum Gasteiger partial charge on any atom is 0.289 e. The second kappa shape index (κ2) is 11.9. The quantitative estimate of drug-likeness (QED) is 0.583. The van der Waals surface area contributed by atoms with Crippen LogP contribution in [0, 0.1) is 6.92 Å². The van der Waals surface area contributed by atoms with Crippen molar-refractivity contribution in [3.8, 4) is 0 Å².